The number of aryl methyl sites for hydroxylation is 2. The van der Waals surface area contributed by atoms with Crippen LogP contribution in [-0.2, 0) is 12.8 Å². The fraction of sp³-hybridized carbons (Fsp3) is 0.286. The molecule has 20 heavy (non-hydrogen) atoms. The molecule has 0 unspecified atom stereocenters. The second-order valence-corrected chi connectivity index (χ2v) is 5.84. The Morgan fingerprint density at radius 2 is 2.05 bits per heavy atom. The van der Waals surface area contributed by atoms with Gasteiger partial charge in [0.1, 0.15) is 11.5 Å². The summed E-state index contributed by atoms with van der Waals surface area (Å²) in [6.07, 6.45) is 4.27. The van der Waals surface area contributed by atoms with Crippen LogP contribution in [0.4, 0.5) is 5.13 Å². The van der Waals surface area contributed by atoms with E-state index in [1.165, 1.54) is 34.4 Å². The number of thiazole rings is 1. The maximum absolute atomic E-state index is 12.1. The first-order chi connectivity index (χ1) is 9.63. The lowest BCUT2D eigenvalue weighted by atomic mass is 10.0. The van der Waals surface area contributed by atoms with Crippen LogP contribution in [0.3, 0.4) is 0 Å². The molecule has 1 heterocycles. The molecule has 1 aliphatic carbocycles. The number of hydrogen-bond acceptors (Lipinski definition) is 5. The minimum absolute atomic E-state index is 0.0400. The predicted molar refractivity (Wildman–Crippen MR) is 76.5 cm³/mol. The van der Waals surface area contributed by atoms with Gasteiger partial charge in [-0.1, -0.05) is 0 Å². The van der Waals surface area contributed by atoms with Gasteiger partial charge in [0, 0.05) is 4.88 Å². The van der Waals surface area contributed by atoms with E-state index in [2.05, 4.69) is 10.3 Å². The van der Waals surface area contributed by atoms with Crippen molar-refractivity contribution in [2.24, 2.45) is 0 Å². The second kappa shape index (κ2) is 5.13. The first-order valence-electron chi connectivity index (χ1n) is 6.45. The summed E-state index contributed by atoms with van der Waals surface area (Å²) in [6.45, 7) is 0. The van der Waals surface area contributed by atoms with E-state index in [4.69, 9.17) is 0 Å². The number of aromatic nitrogens is 1. The van der Waals surface area contributed by atoms with E-state index in [1.54, 1.807) is 0 Å². The van der Waals surface area contributed by atoms with E-state index in [1.807, 2.05) is 0 Å². The van der Waals surface area contributed by atoms with Gasteiger partial charge in [0.25, 0.3) is 5.91 Å². The molecule has 0 fully saturated rings. The Hall–Kier alpha value is -2.08. The minimum Gasteiger partial charge on any atom is -0.508 e. The van der Waals surface area contributed by atoms with E-state index < -0.39 is 5.91 Å². The van der Waals surface area contributed by atoms with Gasteiger partial charge < -0.3 is 10.2 Å². The van der Waals surface area contributed by atoms with E-state index in [9.17, 15) is 15.0 Å². The van der Waals surface area contributed by atoms with E-state index in [0.717, 1.165) is 31.4 Å². The number of aromatic hydroxyl groups is 2. The molecule has 0 spiro atoms. The fourth-order valence-electron chi connectivity index (χ4n) is 2.28. The van der Waals surface area contributed by atoms with Crippen LogP contribution in [0.15, 0.2) is 18.2 Å². The van der Waals surface area contributed by atoms with Gasteiger partial charge in [0.2, 0.25) is 0 Å². The summed E-state index contributed by atoms with van der Waals surface area (Å²) in [7, 11) is 0. The van der Waals surface area contributed by atoms with Gasteiger partial charge in [-0.05, 0) is 43.9 Å². The highest BCUT2D eigenvalue weighted by Crippen LogP contribution is 2.30. The maximum Gasteiger partial charge on any atom is 0.261 e. The molecule has 5 nitrogen and oxygen atoms in total. The molecule has 3 N–H and O–H groups in total. The molecule has 0 aliphatic heterocycles. The van der Waals surface area contributed by atoms with Crippen LogP contribution in [0.1, 0.15) is 33.8 Å². The van der Waals surface area contributed by atoms with Crippen molar-refractivity contribution in [2.45, 2.75) is 25.7 Å². The lowest BCUT2D eigenvalue weighted by molar-refractivity contribution is 0.102. The zero-order valence-corrected chi connectivity index (χ0v) is 11.5. The maximum atomic E-state index is 12.1. The average Bonchev–Trinajstić information content (AvgIpc) is 2.83. The van der Waals surface area contributed by atoms with E-state index in [-0.39, 0.29) is 17.1 Å². The molecule has 1 aromatic heterocycles. The number of carbonyl (C=O) groups excluding carboxylic acids is 1. The molecule has 3 rings (SSSR count). The number of nitrogens with one attached hydrogen (secondary N) is 1. The normalized spacial score (nSPS) is 13.8. The number of hydrogen-bond donors (Lipinski definition) is 3. The van der Waals surface area contributed by atoms with Crippen molar-refractivity contribution in [2.75, 3.05) is 5.32 Å². The summed E-state index contributed by atoms with van der Waals surface area (Å²) in [5, 5.41) is 22.3. The number of fused-ring (bicyclic) bond motifs is 1. The fourth-order valence-corrected chi connectivity index (χ4v) is 3.32. The Morgan fingerprint density at radius 3 is 2.85 bits per heavy atom. The number of amides is 1. The van der Waals surface area contributed by atoms with Gasteiger partial charge in [-0.25, -0.2) is 4.98 Å². The highest BCUT2D eigenvalue weighted by molar-refractivity contribution is 7.15. The van der Waals surface area contributed by atoms with Crippen LogP contribution in [0, 0.1) is 0 Å². The second-order valence-electron chi connectivity index (χ2n) is 4.75. The Labute approximate surface area is 119 Å². The lowest BCUT2D eigenvalue weighted by Gasteiger charge is -2.06. The van der Waals surface area contributed by atoms with Gasteiger partial charge in [-0.3, -0.25) is 10.1 Å². The molecule has 104 valence electrons. The largest absolute Gasteiger partial charge is 0.508 e. The van der Waals surface area contributed by atoms with Crippen molar-refractivity contribution in [3.05, 3.63) is 34.3 Å². The number of phenols is 2. The zero-order chi connectivity index (χ0) is 14.1. The monoisotopic (exact) mass is 290 g/mol. The first kappa shape index (κ1) is 12.9. The van der Waals surface area contributed by atoms with Crippen molar-refractivity contribution in [1.82, 2.24) is 4.98 Å². The van der Waals surface area contributed by atoms with Crippen molar-refractivity contribution in [3.8, 4) is 11.5 Å². The molecule has 1 aromatic carbocycles. The molecule has 0 saturated heterocycles. The smallest absolute Gasteiger partial charge is 0.261 e. The quantitative estimate of drug-likeness (QED) is 0.743. The van der Waals surface area contributed by atoms with Gasteiger partial charge in [-0.2, -0.15) is 0 Å². The SMILES string of the molecule is O=C(Nc1nc2c(s1)CCCC2)c1cc(O)ccc1O. The molecule has 0 atom stereocenters. The molecule has 0 radical (unpaired) electrons. The van der Waals surface area contributed by atoms with Crippen LogP contribution in [0.2, 0.25) is 0 Å². The Balaban J connectivity index is 1.82. The van der Waals surface area contributed by atoms with Crippen LogP contribution >= 0.6 is 11.3 Å². The molecule has 0 saturated carbocycles. The molecule has 1 aliphatic rings. The molecule has 0 bridgehead atoms. The number of anilines is 1. The Bertz CT molecular complexity index is 643. The molecule has 1 amide bonds. The predicted octanol–water partition coefficient (Wildman–Crippen LogP) is 2.69. The van der Waals surface area contributed by atoms with Crippen molar-refractivity contribution >= 4 is 22.4 Å². The third kappa shape index (κ3) is 2.46. The Kier molecular flexibility index (Phi) is 3.31. The highest BCUT2D eigenvalue weighted by Gasteiger charge is 2.18. The van der Waals surface area contributed by atoms with E-state index >= 15 is 0 Å². The number of phenolic OH excluding ortho intramolecular Hbond substituents is 2. The summed E-state index contributed by atoms with van der Waals surface area (Å²) < 4.78 is 0. The average molecular weight is 290 g/mol. The number of rotatable bonds is 2. The first-order valence-corrected chi connectivity index (χ1v) is 7.27. The number of nitrogens with zero attached hydrogens (tertiary/aromatic N) is 1. The van der Waals surface area contributed by atoms with Gasteiger partial charge in [0.05, 0.1) is 11.3 Å². The molecule has 2 aromatic rings. The third-order valence-corrected chi connectivity index (χ3v) is 4.36. The van der Waals surface area contributed by atoms with Crippen LogP contribution in [-0.4, -0.2) is 21.1 Å². The van der Waals surface area contributed by atoms with Crippen LogP contribution < -0.4 is 5.32 Å². The summed E-state index contributed by atoms with van der Waals surface area (Å²) in [5.41, 5.74) is 1.11. The van der Waals surface area contributed by atoms with Crippen molar-refractivity contribution in [1.29, 1.82) is 0 Å². The van der Waals surface area contributed by atoms with Crippen molar-refractivity contribution < 1.29 is 15.0 Å². The third-order valence-electron chi connectivity index (χ3n) is 3.29. The summed E-state index contributed by atoms with van der Waals surface area (Å²) in [5.74, 6) is -0.697. The van der Waals surface area contributed by atoms with Gasteiger partial charge in [-0.15, -0.1) is 11.3 Å². The van der Waals surface area contributed by atoms with Gasteiger partial charge >= 0.3 is 0 Å². The standard InChI is InChI=1S/C14H14N2O3S/c17-8-5-6-11(18)9(7-8)13(19)16-14-15-10-3-1-2-4-12(10)20-14/h5-7,17-18H,1-4H2,(H,15,16,19). The topological polar surface area (TPSA) is 82.5 Å². The van der Waals surface area contributed by atoms with Crippen LogP contribution in [0.5, 0.6) is 11.5 Å². The number of carbonyl (C=O) groups is 1. The molecular weight excluding hydrogens is 276 g/mol. The zero-order valence-electron chi connectivity index (χ0n) is 10.7. The summed E-state index contributed by atoms with van der Waals surface area (Å²) in [6, 6.07) is 3.85. The Morgan fingerprint density at radius 1 is 1.25 bits per heavy atom. The minimum atomic E-state index is -0.468. The summed E-state index contributed by atoms with van der Waals surface area (Å²) >= 11 is 1.48. The molecule has 6 heteroatoms. The van der Waals surface area contributed by atoms with Crippen LogP contribution in [0.25, 0.3) is 0 Å². The highest BCUT2D eigenvalue weighted by atomic mass is 32.1. The van der Waals surface area contributed by atoms with Gasteiger partial charge in [0.15, 0.2) is 5.13 Å². The summed E-state index contributed by atoms with van der Waals surface area (Å²) in [4.78, 5) is 17.7. The van der Waals surface area contributed by atoms with Crippen molar-refractivity contribution in [3.63, 3.8) is 0 Å². The van der Waals surface area contributed by atoms with E-state index in [0.29, 0.717) is 5.13 Å². The lowest BCUT2D eigenvalue weighted by Crippen LogP contribution is -2.12. The number of benzene rings is 1. The molecular formula is C14H14N2O3S.